The number of fused-ring (bicyclic) bond motifs is 1. The van der Waals surface area contributed by atoms with Crippen molar-refractivity contribution in [2.75, 3.05) is 31.0 Å². The molecule has 2 N–H and O–H groups in total. The van der Waals surface area contributed by atoms with E-state index >= 15 is 0 Å². The molecule has 2 heterocycles. The van der Waals surface area contributed by atoms with Crippen LogP contribution in [0.15, 0.2) is 59.8 Å². The van der Waals surface area contributed by atoms with Gasteiger partial charge in [0.25, 0.3) is 5.91 Å². The highest BCUT2D eigenvalue weighted by Gasteiger charge is 2.18. The van der Waals surface area contributed by atoms with E-state index in [9.17, 15) is 14.4 Å². The summed E-state index contributed by atoms with van der Waals surface area (Å²) in [7, 11) is 0. The third-order valence-corrected chi connectivity index (χ3v) is 6.65. The highest BCUT2D eigenvalue weighted by Crippen LogP contribution is 2.34. The van der Waals surface area contributed by atoms with Gasteiger partial charge in [0.05, 0.1) is 11.3 Å². The first-order valence-corrected chi connectivity index (χ1v) is 12.8. The Labute approximate surface area is 226 Å². The molecule has 0 radical (unpaired) electrons. The average molecular weight is 562 g/mol. The minimum atomic E-state index is -0.720. The lowest BCUT2D eigenvalue weighted by Gasteiger charge is -2.10. The molecule has 0 saturated heterocycles. The van der Waals surface area contributed by atoms with Gasteiger partial charge in [0.2, 0.25) is 12.7 Å². The lowest BCUT2D eigenvalue weighted by Crippen LogP contribution is -2.30. The molecule has 4 rings (SSSR count). The Hall–Kier alpha value is -3.47. The second-order valence-electron chi connectivity index (χ2n) is 7.67. The fourth-order valence-electron chi connectivity index (χ4n) is 3.29. The second-order valence-corrected chi connectivity index (χ2v) is 9.48. The summed E-state index contributed by atoms with van der Waals surface area (Å²) >= 11 is 13.1. The standard InChI is InChI=1S/C25H21Cl2N3O6S/c26-16-4-3-15(19(27)10-16)7-9-28-22(31)12-34-25(33)18-2-1-8-29-24(18)37-13-23(32)30-17-5-6-20-21(11-17)36-14-35-20/h1-6,8,10-11H,7,9,12-14H2,(H,28,31)(H,30,32). The van der Waals surface area contributed by atoms with Crippen LogP contribution in [-0.2, 0) is 20.7 Å². The average Bonchev–Trinajstić information content (AvgIpc) is 3.35. The highest BCUT2D eigenvalue weighted by atomic mass is 35.5. The Bertz CT molecular complexity index is 1320. The first-order valence-electron chi connectivity index (χ1n) is 11.0. The van der Waals surface area contributed by atoms with Gasteiger partial charge in [0, 0.05) is 34.5 Å². The lowest BCUT2D eigenvalue weighted by molar-refractivity contribution is -0.124. The van der Waals surface area contributed by atoms with Gasteiger partial charge in [-0.15, -0.1) is 0 Å². The minimum absolute atomic E-state index is 0.000517. The van der Waals surface area contributed by atoms with Crippen LogP contribution in [0.1, 0.15) is 15.9 Å². The molecule has 0 atom stereocenters. The predicted octanol–water partition coefficient (Wildman–Crippen LogP) is 4.36. The number of aromatic nitrogens is 1. The van der Waals surface area contributed by atoms with Crippen LogP contribution in [0.2, 0.25) is 10.0 Å². The third kappa shape index (κ3) is 7.51. The number of rotatable bonds is 10. The number of benzene rings is 2. The molecule has 0 fully saturated rings. The largest absolute Gasteiger partial charge is 0.454 e. The molecule has 1 aliphatic heterocycles. The molecule has 1 aliphatic rings. The van der Waals surface area contributed by atoms with Gasteiger partial charge in [-0.2, -0.15) is 0 Å². The molecular weight excluding hydrogens is 541 g/mol. The number of esters is 1. The maximum atomic E-state index is 12.6. The summed E-state index contributed by atoms with van der Waals surface area (Å²) in [6.45, 7) is -0.0118. The molecule has 12 heteroatoms. The normalized spacial score (nSPS) is 11.6. The first kappa shape index (κ1) is 26.6. The number of hydrogen-bond acceptors (Lipinski definition) is 8. The summed E-state index contributed by atoms with van der Waals surface area (Å²) in [6, 6.07) is 13.3. The molecule has 3 aromatic rings. The van der Waals surface area contributed by atoms with E-state index in [0.717, 1.165) is 17.3 Å². The Balaban J connectivity index is 1.23. The number of ether oxygens (including phenoxy) is 3. The van der Waals surface area contributed by atoms with E-state index in [2.05, 4.69) is 15.6 Å². The van der Waals surface area contributed by atoms with Gasteiger partial charge in [-0.25, -0.2) is 9.78 Å². The maximum Gasteiger partial charge on any atom is 0.341 e. The number of pyridine rings is 1. The topological polar surface area (TPSA) is 116 Å². The zero-order valence-electron chi connectivity index (χ0n) is 19.3. The smallest absolute Gasteiger partial charge is 0.341 e. The molecule has 37 heavy (non-hydrogen) atoms. The van der Waals surface area contributed by atoms with Gasteiger partial charge in [0.1, 0.15) is 5.03 Å². The molecule has 192 valence electrons. The van der Waals surface area contributed by atoms with E-state index in [1.807, 2.05) is 0 Å². The quantitative estimate of drug-likeness (QED) is 0.277. The molecule has 0 bridgehead atoms. The van der Waals surface area contributed by atoms with E-state index in [1.165, 1.54) is 12.3 Å². The molecule has 0 unspecified atom stereocenters. The van der Waals surface area contributed by atoms with Crippen molar-refractivity contribution in [2.24, 2.45) is 0 Å². The van der Waals surface area contributed by atoms with Crippen LogP contribution in [0.3, 0.4) is 0 Å². The van der Waals surface area contributed by atoms with Crippen molar-refractivity contribution in [3.8, 4) is 11.5 Å². The van der Waals surface area contributed by atoms with Crippen LogP contribution >= 0.6 is 35.0 Å². The van der Waals surface area contributed by atoms with Gasteiger partial charge in [-0.05, 0) is 48.4 Å². The Morgan fingerprint density at radius 2 is 1.86 bits per heavy atom. The Kier molecular flexibility index (Phi) is 9.10. The van der Waals surface area contributed by atoms with Crippen LogP contribution in [0.5, 0.6) is 11.5 Å². The summed E-state index contributed by atoms with van der Waals surface area (Å²) < 4.78 is 15.7. The number of carbonyl (C=O) groups excluding carboxylic acids is 3. The van der Waals surface area contributed by atoms with Gasteiger partial charge in [-0.3, -0.25) is 9.59 Å². The summed E-state index contributed by atoms with van der Waals surface area (Å²) in [4.78, 5) is 41.3. The number of amides is 2. The van der Waals surface area contributed by atoms with E-state index < -0.39 is 18.5 Å². The number of halogens is 2. The zero-order chi connectivity index (χ0) is 26.2. The van der Waals surface area contributed by atoms with Crippen LogP contribution in [-0.4, -0.2) is 48.5 Å². The highest BCUT2D eigenvalue weighted by molar-refractivity contribution is 8.00. The van der Waals surface area contributed by atoms with Crippen LogP contribution < -0.4 is 20.1 Å². The van der Waals surface area contributed by atoms with Crippen molar-refractivity contribution in [1.82, 2.24) is 10.3 Å². The first-order chi connectivity index (χ1) is 17.9. The van der Waals surface area contributed by atoms with Gasteiger partial charge < -0.3 is 24.8 Å². The lowest BCUT2D eigenvalue weighted by atomic mass is 10.1. The Morgan fingerprint density at radius 3 is 2.70 bits per heavy atom. The van der Waals surface area contributed by atoms with Crippen molar-refractivity contribution < 1.29 is 28.6 Å². The number of hydrogen-bond donors (Lipinski definition) is 2. The van der Waals surface area contributed by atoms with Crippen LogP contribution in [0.25, 0.3) is 0 Å². The molecule has 9 nitrogen and oxygen atoms in total. The summed E-state index contributed by atoms with van der Waals surface area (Å²) in [5.74, 6) is -0.308. The molecular formula is C25H21Cl2N3O6S. The monoisotopic (exact) mass is 561 g/mol. The van der Waals surface area contributed by atoms with E-state index in [-0.39, 0.29) is 24.0 Å². The number of nitrogens with one attached hydrogen (secondary N) is 2. The molecule has 0 saturated carbocycles. The van der Waals surface area contributed by atoms with Gasteiger partial charge in [-0.1, -0.05) is 41.0 Å². The molecule has 0 aliphatic carbocycles. The number of thioether (sulfide) groups is 1. The number of anilines is 1. The Morgan fingerprint density at radius 1 is 1.03 bits per heavy atom. The van der Waals surface area contributed by atoms with Crippen molar-refractivity contribution in [3.05, 3.63) is 75.9 Å². The van der Waals surface area contributed by atoms with Gasteiger partial charge >= 0.3 is 5.97 Å². The van der Waals surface area contributed by atoms with Crippen molar-refractivity contribution in [2.45, 2.75) is 11.4 Å². The second kappa shape index (κ2) is 12.7. The molecule has 2 amide bonds. The molecule has 1 aromatic heterocycles. The summed E-state index contributed by atoms with van der Waals surface area (Å²) in [5, 5.41) is 6.79. The van der Waals surface area contributed by atoms with E-state index in [0.29, 0.717) is 45.2 Å². The van der Waals surface area contributed by atoms with Crippen LogP contribution in [0.4, 0.5) is 5.69 Å². The van der Waals surface area contributed by atoms with E-state index in [1.54, 1.807) is 42.5 Å². The summed E-state index contributed by atoms with van der Waals surface area (Å²) in [5.41, 5.74) is 1.55. The molecule has 2 aromatic carbocycles. The van der Waals surface area contributed by atoms with Crippen molar-refractivity contribution in [1.29, 1.82) is 0 Å². The SMILES string of the molecule is O=C(COC(=O)c1cccnc1SCC(=O)Nc1ccc2c(c1)OCO2)NCCc1ccc(Cl)cc1Cl. The molecule has 0 spiro atoms. The zero-order valence-corrected chi connectivity index (χ0v) is 21.6. The maximum absolute atomic E-state index is 12.6. The van der Waals surface area contributed by atoms with Crippen molar-refractivity contribution in [3.63, 3.8) is 0 Å². The van der Waals surface area contributed by atoms with E-state index in [4.69, 9.17) is 37.4 Å². The fraction of sp³-hybridized carbons (Fsp3) is 0.200. The van der Waals surface area contributed by atoms with Crippen molar-refractivity contribution >= 4 is 58.4 Å². The number of carbonyl (C=O) groups is 3. The fourth-order valence-corrected chi connectivity index (χ4v) is 4.57. The third-order valence-electron chi connectivity index (χ3n) is 5.05. The summed E-state index contributed by atoms with van der Waals surface area (Å²) in [6.07, 6.45) is 2.00. The minimum Gasteiger partial charge on any atom is -0.454 e. The van der Waals surface area contributed by atoms with Gasteiger partial charge in [0.15, 0.2) is 18.1 Å². The predicted molar refractivity (Wildman–Crippen MR) is 140 cm³/mol. The van der Waals surface area contributed by atoms with Crippen LogP contribution in [0, 0.1) is 0 Å². The number of nitrogens with zero attached hydrogens (tertiary/aromatic N) is 1.